The first-order valence-electron chi connectivity index (χ1n) is 37.3. The Labute approximate surface area is 598 Å². The maximum absolute atomic E-state index is 14.1. The summed E-state index contributed by atoms with van der Waals surface area (Å²) in [6.07, 6.45) is 8.98. The number of benzene rings is 6. The summed E-state index contributed by atoms with van der Waals surface area (Å²) < 4.78 is 44.2. The number of hydrogen-bond donors (Lipinski definition) is 0. The average Bonchev–Trinajstić information content (AvgIpc) is 0.866. The highest BCUT2D eigenvalue weighted by Crippen LogP contribution is 2.35. The van der Waals surface area contributed by atoms with Gasteiger partial charge in [0, 0.05) is 44.8 Å². The Bertz CT molecular complexity index is 3220. The van der Waals surface area contributed by atoms with Crippen molar-refractivity contribution in [2.24, 2.45) is 0 Å². The first-order valence-corrected chi connectivity index (χ1v) is 37.3. The van der Waals surface area contributed by atoms with Crippen molar-refractivity contribution in [3.63, 3.8) is 0 Å². The Balaban J connectivity index is 0.000000251. The summed E-state index contributed by atoms with van der Waals surface area (Å²) in [5.41, 5.74) is 16.1. The van der Waals surface area contributed by atoms with Crippen LogP contribution in [0.5, 0.6) is 17.2 Å². The lowest BCUT2D eigenvalue weighted by Crippen LogP contribution is -2.31. The van der Waals surface area contributed by atoms with Crippen molar-refractivity contribution in [2.75, 3.05) is 116 Å². The Morgan fingerprint density at radius 3 is 1.33 bits per heavy atom. The molecule has 0 aliphatic carbocycles. The van der Waals surface area contributed by atoms with E-state index in [4.69, 9.17) is 14.2 Å². The summed E-state index contributed by atoms with van der Waals surface area (Å²) >= 11 is 0. The van der Waals surface area contributed by atoms with Crippen molar-refractivity contribution in [3.05, 3.63) is 193 Å². The molecule has 3 aliphatic rings. The minimum absolute atomic E-state index is 0.0171. The van der Waals surface area contributed by atoms with Crippen LogP contribution in [0, 0.1) is 18.6 Å². The molecular weight excluding hydrogens is 1210 g/mol. The van der Waals surface area contributed by atoms with E-state index >= 15 is 0 Å². The predicted molar refractivity (Wildman–Crippen MR) is 417 cm³/mol. The van der Waals surface area contributed by atoms with E-state index in [2.05, 4.69) is 235 Å². The zero-order valence-corrected chi connectivity index (χ0v) is 66.1. The van der Waals surface area contributed by atoms with Gasteiger partial charge in [0.25, 0.3) is 0 Å². The molecule has 98 heavy (non-hydrogen) atoms. The third-order valence-corrected chi connectivity index (χ3v) is 19.4. The van der Waals surface area contributed by atoms with Crippen molar-refractivity contribution in [3.8, 4) is 17.2 Å². The summed E-state index contributed by atoms with van der Waals surface area (Å²) in [5, 5.41) is 0. The van der Waals surface area contributed by atoms with E-state index < -0.39 is 0 Å². The maximum Gasteiger partial charge on any atom is 0.127 e. The van der Waals surface area contributed by atoms with Gasteiger partial charge in [-0.3, -0.25) is 9.80 Å². The molecule has 2 unspecified atom stereocenters. The van der Waals surface area contributed by atoms with Crippen molar-refractivity contribution in [2.45, 2.75) is 222 Å². The second-order valence-electron chi connectivity index (χ2n) is 30.4. The smallest absolute Gasteiger partial charge is 0.127 e. The van der Waals surface area contributed by atoms with E-state index in [1.165, 1.54) is 115 Å². The van der Waals surface area contributed by atoms with Crippen LogP contribution in [0.3, 0.4) is 0 Å². The van der Waals surface area contributed by atoms with E-state index in [9.17, 15) is 8.78 Å². The molecule has 0 spiro atoms. The van der Waals surface area contributed by atoms with Crippen LogP contribution in [-0.4, -0.2) is 145 Å². The SMILES string of the molecule is CC(C)c1ccc(C2CCCN(C)C2)c(F)c1.CC(C)c1ccc(CN(C)C)c(F)c1.CCN(CC)Cc1ccc(C(C)C)c(OC)c1.COc1cc(C2CCCN(C)C2)ccc1C(C)C.COc1cc(CN2CCCCC2)ccc1C(C)C.Cc1cc(CN(C)C)ccc1C(C)C. The highest BCUT2D eigenvalue weighted by atomic mass is 19.1. The molecule has 546 valence electrons. The molecule has 9 nitrogen and oxygen atoms in total. The number of methoxy groups -OCH3 is 3. The number of likely N-dealkylation sites (N-methyl/N-ethyl adjacent to an activating group) is 2. The van der Waals surface area contributed by atoms with Crippen molar-refractivity contribution < 1.29 is 23.0 Å². The van der Waals surface area contributed by atoms with Gasteiger partial charge in [-0.2, -0.15) is 0 Å². The molecule has 9 rings (SSSR count). The topological polar surface area (TPSA) is 47.1 Å². The number of piperidine rings is 3. The lowest BCUT2D eigenvalue weighted by Gasteiger charge is -2.30. The van der Waals surface area contributed by atoms with Gasteiger partial charge in [-0.25, -0.2) is 8.78 Å². The van der Waals surface area contributed by atoms with Gasteiger partial charge in [0.1, 0.15) is 28.9 Å². The van der Waals surface area contributed by atoms with Crippen LogP contribution in [0.25, 0.3) is 0 Å². The number of nitrogens with zero attached hydrogens (tertiary/aromatic N) is 6. The predicted octanol–water partition coefficient (Wildman–Crippen LogP) is 21.0. The van der Waals surface area contributed by atoms with Crippen LogP contribution in [-0.2, 0) is 26.2 Å². The van der Waals surface area contributed by atoms with Gasteiger partial charge < -0.3 is 33.8 Å². The van der Waals surface area contributed by atoms with Gasteiger partial charge in [-0.15, -0.1) is 0 Å². The van der Waals surface area contributed by atoms with Crippen molar-refractivity contribution >= 4 is 0 Å². The fourth-order valence-electron chi connectivity index (χ4n) is 13.5. The first-order chi connectivity index (χ1) is 46.5. The molecule has 0 radical (unpaired) electrons. The van der Waals surface area contributed by atoms with Gasteiger partial charge >= 0.3 is 0 Å². The van der Waals surface area contributed by atoms with Gasteiger partial charge in [0.2, 0.25) is 0 Å². The number of hydrogen-bond acceptors (Lipinski definition) is 9. The van der Waals surface area contributed by atoms with Gasteiger partial charge in [0.05, 0.1) is 21.3 Å². The number of aryl methyl sites for hydroxylation is 1. The third kappa shape index (κ3) is 28.8. The molecule has 0 aromatic heterocycles. The van der Waals surface area contributed by atoms with E-state index in [1.807, 2.05) is 37.2 Å². The second kappa shape index (κ2) is 43.9. The van der Waals surface area contributed by atoms with Crippen LogP contribution in [0.15, 0.2) is 109 Å². The minimum Gasteiger partial charge on any atom is -0.496 e. The lowest BCUT2D eigenvalue weighted by atomic mass is 9.89. The Hall–Kier alpha value is -5.66. The van der Waals surface area contributed by atoms with Crippen LogP contribution >= 0.6 is 0 Å². The molecule has 3 heterocycles. The zero-order chi connectivity index (χ0) is 72.8. The van der Waals surface area contributed by atoms with Crippen LogP contribution in [0.1, 0.15) is 262 Å². The summed E-state index contributed by atoms with van der Waals surface area (Å²) in [7, 11) is 17.7. The average molecular weight is 1350 g/mol. The fourth-order valence-corrected chi connectivity index (χ4v) is 13.5. The minimum atomic E-state index is -0.0927. The summed E-state index contributed by atoms with van der Waals surface area (Å²) in [4.78, 5) is 13.8. The van der Waals surface area contributed by atoms with E-state index in [-0.39, 0.29) is 11.6 Å². The van der Waals surface area contributed by atoms with Crippen molar-refractivity contribution in [1.29, 1.82) is 0 Å². The summed E-state index contributed by atoms with van der Waals surface area (Å²) in [6, 6.07) is 38.2. The molecule has 0 bridgehead atoms. The standard InChI is InChI=1S/2C16H25NO.C15H22FN.C15H25NO.C13H21N.C12H18FN/c1-12(2)15-8-7-13(10-16(15)18-4)14-6-5-9-17(3)11-14;1-13(2)15-8-7-14(11-16(15)18-3)12-17-9-5-4-6-10-17;1-11(2)12-6-7-14(15(16)9-12)13-5-4-8-17(3)10-13;1-6-16(7-2)11-13-8-9-14(12(3)4)15(10-13)17-5;1-10(2)13-7-6-12(8-11(13)3)9-14(4)5;1-9(2)10-5-6-11(8-14(3)4)12(13)7-10/h7-8,10,12,14H,5-6,9,11H2,1-4H3;7-8,11,13H,4-6,9-10,12H2,1-3H3;6-7,9,11,13H,4-5,8,10H2,1-3H3;8-10,12H,6-7,11H2,1-5H3;6-8,10H,9H2,1-5H3;5-7,9H,8H2,1-4H3. The van der Waals surface area contributed by atoms with Crippen LogP contribution < -0.4 is 14.2 Å². The monoisotopic (exact) mass is 1350 g/mol. The summed E-state index contributed by atoms with van der Waals surface area (Å²) in [6.45, 7) is 45.6. The molecule has 0 N–H and O–H groups in total. The lowest BCUT2D eigenvalue weighted by molar-refractivity contribution is 0.220. The number of likely N-dealkylation sites (tertiary alicyclic amines) is 3. The van der Waals surface area contributed by atoms with Gasteiger partial charge in [-0.05, 0) is 271 Å². The van der Waals surface area contributed by atoms with Gasteiger partial charge in [-0.1, -0.05) is 182 Å². The largest absolute Gasteiger partial charge is 0.496 e. The molecule has 0 amide bonds. The number of halogens is 2. The summed E-state index contributed by atoms with van der Waals surface area (Å²) in [5.74, 6) is 6.99. The molecule has 6 aromatic rings. The fraction of sp³-hybridized carbons (Fsp3) is 0.586. The van der Waals surface area contributed by atoms with E-state index in [1.54, 1.807) is 33.5 Å². The molecular formula is C87H136F2N6O3. The molecule has 3 fully saturated rings. The first kappa shape index (κ1) is 84.8. The Morgan fingerprint density at radius 1 is 0.439 bits per heavy atom. The Kier molecular flexibility index (Phi) is 37.9. The van der Waals surface area contributed by atoms with E-state index in [0.29, 0.717) is 53.9 Å². The quantitative estimate of drug-likeness (QED) is 0.0701. The normalized spacial score (nSPS) is 16.1. The zero-order valence-electron chi connectivity index (χ0n) is 66.1. The Morgan fingerprint density at radius 2 is 0.878 bits per heavy atom. The second-order valence-corrected chi connectivity index (χ2v) is 30.4. The van der Waals surface area contributed by atoms with Crippen LogP contribution in [0.4, 0.5) is 8.78 Å². The molecule has 3 aliphatic heterocycles. The molecule has 2 atom stereocenters. The van der Waals surface area contributed by atoms with Gasteiger partial charge in [0.15, 0.2) is 0 Å². The number of rotatable bonds is 21. The molecule has 11 heteroatoms. The molecule has 3 saturated heterocycles. The molecule has 0 saturated carbocycles. The maximum atomic E-state index is 14.1. The molecule has 6 aromatic carbocycles. The van der Waals surface area contributed by atoms with E-state index in [0.717, 1.165) is 91.7 Å². The van der Waals surface area contributed by atoms with Crippen LogP contribution in [0.2, 0.25) is 0 Å². The highest BCUT2D eigenvalue weighted by Gasteiger charge is 2.23. The highest BCUT2D eigenvalue weighted by molar-refractivity contribution is 5.43. The van der Waals surface area contributed by atoms with Crippen molar-refractivity contribution in [1.82, 2.24) is 29.4 Å². The third-order valence-electron chi connectivity index (χ3n) is 19.4. The number of ether oxygens (including phenoxy) is 3.